The van der Waals surface area contributed by atoms with Gasteiger partial charge in [0.15, 0.2) is 0 Å². The highest BCUT2D eigenvalue weighted by molar-refractivity contribution is 6.04. The van der Waals surface area contributed by atoms with Crippen LogP contribution in [0.5, 0.6) is 0 Å². The summed E-state index contributed by atoms with van der Waals surface area (Å²) in [5.41, 5.74) is 10.2. The van der Waals surface area contributed by atoms with Gasteiger partial charge in [-0.3, -0.25) is 4.79 Å². The molecule has 0 aromatic heterocycles. The van der Waals surface area contributed by atoms with Crippen LogP contribution in [0.4, 0.5) is 11.4 Å². The first-order valence-corrected chi connectivity index (χ1v) is 10.2. The van der Waals surface area contributed by atoms with Crippen LogP contribution >= 0.6 is 0 Å². The summed E-state index contributed by atoms with van der Waals surface area (Å²) in [6, 6.07) is 16.0. The van der Waals surface area contributed by atoms with Gasteiger partial charge >= 0.3 is 0 Å². The van der Waals surface area contributed by atoms with Gasteiger partial charge in [-0.1, -0.05) is 19.1 Å². The molecule has 1 aliphatic carbocycles. The number of nitrogens with one attached hydrogen (secondary N) is 1. The Morgan fingerprint density at radius 1 is 1.07 bits per heavy atom. The highest BCUT2D eigenvalue weighted by Crippen LogP contribution is 2.51. The molecule has 1 saturated heterocycles. The fraction of sp³-hybridized carbons (Fsp3) is 0.435. The van der Waals surface area contributed by atoms with Gasteiger partial charge in [0.1, 0.15) is 0 Å². The molecule has 5 nitrogen and oxygen atoms in total. The van der Waals surface area contributed by atoms with Crippen molar-refractivity contribution < 1.29 is 4.79 Å². The molecule has 0 unspecified atom stereocenters. The molecule has 148 valence electrons. The average molecular weight is 379 g/mol. The minimum atomic E-state index is -0.0779. The lowest BCUT2D eigenvalue weighted by Gasteiger charge is -2.34. The minimum Gasteiger partial charge on any atom is -0.369 e. The van der Waals surface area contributed by atoms with Crippen LogP contribution < -0.4 is 16.0 Å². The van der Waals surface area contributed by atoms with Crippen LogP contribution in [0.15, 0.2) is 48.5 Å². The molecule has 0 bridgehead atoms. The SMILES string of the molecule is CC[C@@]1(N)C[C@H]1c1ccc(NC(=O)c2ccc(N3CCN(C)CC3)cc2)cc1. The van der Waals surface area contributed by atoms with Crippen molar-refractivity contribution in [3.8, 4) is 0 Å². The van der Waals surface area contributed by atoms with E-state index in [4.69, 9.17) is 5.73 Å². The molecule has 2 atom stereocenters. The zero-order chi connectivity index (χ0) is 19.7. The first-order valence-electron chi connectivity index (χ1n) is 10.2. The number of carbonyl (C=O) groups excluding carboxylic acids is 1. The Labute approximate surface area is 167 Å². The lowest BCUT2D eigenvalue weighted by atomic mass is 10.0. The van der Waals surface area contributed by atoms with Gasteiger partial charge in [0.05, 0.1) is 0 Å². The molecule has 1 saturated carbocycles. The van der Waals surface area contributed by atoms with Crippen molar-refractivity contribution in [2.75, 3.05) is 43.4 Å². The number of hydrogen-bond acceptors (Lipinski definition) is 4. The fourth-order valence-corrected chi connectivity index (χ4v) is 4.05. The average Bonchev–Trinajstić information content (AvgIpc) is 3.41. The third kappa shape index (κ3) is 3.91. The highest BCUT2D eigenvalue weighted by Gasteiger charge is 2.49. The number of anilines is 2. The summed E-state index contributed by atoms with van der Waals surface area (Å²) in [5, 5.41) is 2.99. The number of nitrogens with zero attached hydrogens (tertiary/aromatic N) is 2. The number of likely N-dealkylation sites (N-methyl/N-ethyl adjacent to an activating group) is 1. The van der Waals surface area contributed by atoms with Crippen molar-refractivity contribution in [2.45, 2.75) is 31.2 Å². The van der Waals surface area contributed by atoms with Crippen LogP contribution in [0, 0.1) is 0 Å². The molecule has 0 radical (unpaired) electrons. The van der Waals surface area contributed by atoms with E-state index in [1.165, 1.54) is 11.3 Å². The van der Waals surface area contributed by atoms with E-state index in [0.29, 0.717) is 11.5 Å². The number of carbonyl (C=O) groups is 1. The normalized spacial score (nSPS) is 24.8. The maximum absolute atomic E-state index is 12.6. The molecule has 1 heterocycles. The van der Waals surface area contributed by atoms with Crippen molar-refractivity contribution in [1.29, 1.82) is 0 Å². The number of piperazine rings is 1. The molecule has 2 aromatic carbocycles. The Hall–Kier alpha value is -2.37. The summed E-state index contributed by atoms with van der Waals surface area (Å²) in [6.45, 7) is 6.34. The van der Waals surface area contributed by atoms with E-state index in [-0.39, 0.29) is 11.4 Å². The summed E-state index contributed by atoms with van der Waals surface area (Å²) < 4.78 is 0. The van der Waals surface area contributed by atoms with Crippen LogP contribution in [-0.2, 0) is 0 Å². The molecule has 2 aromatic rings. The molecule has 0 spiro atoms. The maximum Gasteiger partial charge on any atom is 0.255 e. The van der Waals surface area contributed by atoms with E-state index in [0.717, 1.165) is 44.7 Å². The molecule has 28 heavy (non-hydrogen) atoms. The third-order valence-corrected chi connectivity index (χ3v) is 6.35. The van der Waals surface area contributed by atoms with Gasteiger partial charge in [0.2, 0.25) is 0 Å². The van der Waals surface area contributed by atoms with Gasteiger partial charge in [-0.2, -0.15) is 0 Å². The van der Waals surface area contributed by atoms with Crippen LogP contribution in [0.25, 0.3) is 0 Å². The zero-order valence-corrected chi connectivity index (χ0v) is 16.8. The fourth-order valence-electron chi connectivity index (χ4n) is 4.05. The topological polar surface area (TPSA) is 61.6 Å². The maximum atomic E-state index is 12.6. The molecule has 4 rings (SSSR count). The lowest BCUT2D eigenvalue weighted by Crippen LogP contribution is -2.44. The molecule has 1 aliphatic heterocycles. The van der Waals surface area contributed by atoms with E-state index >= 15 is 0 Å². The number of nitrogens with two attached hydrogens (primary N) is 1. The quantitative estimate of drug-likeness (QED) is 0.838. The Balaban J connectivity index is 1.36. The van der Waals surface area contributed by atoms with E-state index in [2.05, 4.69) is 41.2 Å². The molecule has 3 N–H and O–H groups in total. The molecule has 2 fully saturated rings. The molecule has 5 heteroatoms. The number of hydrogen-bond donors (Lipinski definition) is 2. The van der Waals surface area contributed by atoms with E-state index < -0.39 is 0 Å². The number of amides is 1. The van der Waals surface area contributed by atoms with Gasteiger partial charge in [0.25, 0.3) is 5.91 Å². The van der Waals surface area contributed by atoms with Crippen molar-refractivity contribution in [3.05, 3.63) is 59.7 Å². The Morgan fingerprint density at radius 3 is 2.29 bits per heavy atom. The summed E-state index contributed by atoms with van der Waals surface area (Å²) in [7, 11) is 2.15. The predicted octanol–water partition coefficient (Wildman–Crippen LogP) is 3.29. The molecular formula is C23H30N4O. The summed E-state index contributed by atoms with van der Waals surface area (Å²) >= 11 is 0. The van der Waals surface area contributed by atoms with E-state index in [1.54, 1.807) is 0 Å². The molecule has 2 aliphatic rings. The molecular weight excluding hydrogens is 348 g/mol. The third-order valence-electron chi connectivity index (χ3n) is 6.35. The lowest BCUT2D eigenvalue weighted by molar-refractivity contribution is 0.102. The van der Waals surface area contributed by atoms with E-state index in [1.807, 2.05) is 36.4 Å². The first kappa shape index (κ1) is 19.0. The Morgan fingerprint density at radius 2 is 1.71 bits per heavy atom. The Kier molecular flexibility index (Phi) is 5.13. The standard InChI is InChI=1S/C23H30N4O/c1-3-23(24)16-21(23)17-4-8-19(9-5-17)25-22(28)18-6-10-20(11-7-18)27-14-12-26(2)13-15-27/h4-11,21H,3,12-16,24H2,1-2H3,(H,25,28)/t21-,23+/m0/s1. The first-order chi connectivity index (χ1) is 13.5. The van der Waals surface area contributed by atoms with Gasteiger partial charge in [-0.05, 0) is 61.9 Å². The largest absolute Gasteiger partial charge is 0.369 e. The van der Waals surface area contributed by atoms with E-state index in [9.17, 15) is 4.79 Å². The van der Waals surface area contributed by atoms with Crippen LogP contribution in [0.3, 0.4) is 0 Å². The number of rotatable bonds is 5. The predicted molar refractivity (Wildman–Crippen MR) is 115 cm³/mol. The van der Waals surface area contributed by atoms with Crippen molar-refractivity contribution in [2.24, 2.45) is 5.73 Å². The van der Waals surface area contributed by atoms with Gasteiger partial charge in [0, 0.05) is 54.6 Å². The van der Waals surface area contributed by atoms with Gasteiger partial charge in [-0.15, -0.1) is 0 Å². The van der Waals surface area contributed by atoms with Crippen molar-refractivity contribution in [3.63, 3.8) is 0 Å². The summed E-state index contributed by atoms with van der Waals surface area (Å²) in [6.07, 6.45) is 2.05. The minimum absolute atomic E-state index is 0.0315. The smallest absolute Gasteiger partial charge is 0.255 e. The zero-order valence-electron chi connectivity index (χ0n) is 16.8. The second kappa shape index (κ2) is 7.57. The monoisotopic (exact) mass is 378 g/mol. The van der Waals surface area contributed by atoms with Gasteiger partial charge in [-0.25, -0.2) is 0 Å². The van der Waals surface area contributed by atoms with Crippen molar-refractivity contribution in [1.82, 2.24) is 4.90 Å². The van der Waals surface area contributed by atoms with Gasteiger partial charge < -0.3 is 20.9 Å². The second-order valence-electron chi connectivity index (χ2n) is 8.26. The second-order valence-corrected chi connectivity index (χ2v) is 8.26. The van der Waals surface area contributed by atoms with Crippen LogP contribution in [0.2, 0.25) is 0 Å². The van der Waals surface area contributed by atoms with Crippen molar-refractivity contribution >= 4 is 17.3 Å². The highest BCUT2D eigenvalue weighted by atomic mass is 16.1. The summed E-state index contributed by atoms with van der Waals surface area (Å²) in [5.74, 6) is 0.371. The number of benzene rings is 2. The molecule has 1 amide bonds. The summed E-state index contributed by atoms with van der Waals surface area (Å²) in [4.78, 5) is 17.3. The van der Waals surface area contributed by atoms with Crippen LogP contribution in [-0.4, -0.2) is 49.6 Å². The Bertz CT molecular complexity index is 825. The van der Waals surface area contributed by atoms with Crippen LogP contribution in [0.1, 0.15) is 41.6 Å².